The van der Waals surface area contributed by atoms with Gasteiger partial charge in [0.15, 0.2) is 0 Å². The van der Waals surface area contributed by atoms with Crippen molar-refractivity contribution in [3.63, 3.8) is 0 Å². The summed E-state index contributed by atoms with van der Waals surface area (Å²) in [4.78, 5) is 14.8. The third-order valence-corrected chi connectivity index (χ3v) is 5.20. The van der Waals surface area contributed by atoms with Gasteiger partial charge in [-0.05, 0) is 49.9 Å². The first kappa shape index (κ1) is 21.3. The van der Waals surface area contributed by atoms with Gasteiger partial charge in [0.1, 0.15) is 6.10 Å². The molecule has 0 bridgehead atoms. The fraction of sp³-hybridized carbons (Fsp3) is 0.409. The molecule has 2 aromatic rings. The Morgan fingerprint density at radius 3 is 2.70 bits per heavy atom. The number of nitrogens with zero attached hydrogens (tertiary/aromatic N) is 1. The summed E-state index contributed by atoms with van der Waals surface area (Å²) in [6.07, 6.45) is 1.08. The molecule has 0 spiro atoms. The predicted molar refractivity (Wildman–Crippen MR) is 112 cm³/mol. The van der Waals surface area contributed by atoms with Gasteiger partial charge in [-0.15, -0.1) is 12.4 Å². The van der Waals surface area contributed by atoms with Gasteiger partial charge in [-0.2, -0.15) is 0 Å². The minimum Gasteiger partial charge on any atom is -0.399 e. The van der Waals surface area contributed by atoms with Crippen LogP contribution in [0.25, 0.3) is 0 Å². The van der Waals surface area contributed by atoms with Crippen LogP contribution in [0.15, 0.2) is 42.5 Å². The Labute approximate surface area is 168 Å². The highest BCUT2D eigenvalue weighted by Crippen LogP contribution is 2.28. The average Bonchev–Trinajstić information content (AvgIpc) is 2.63. The molecule has 5 heteroatoms. The van der Waals surface area contributed by atoms with Gasteiger partial charge in [-0.25, -0.2) is 0 Å². The van der Waals surface area contributed by atoms with E-state index >= 15 is 0 Å². The zero-order valence-corrected chi connectivity index (χ0v) is 17.1. The maximum Gasteiger partial charge on any atom is 0.223 e. The molecule has 1 fully saturated rings. The van der Waals surface area contributed by atoms with Crippen molar-refractivity contribution >= 4 is 24.0 Å². The molecule has 1 heterocycles. The third-order valence-electron chi connectivity index (χ3n) is 5.20. The molecule has 2 atom stereocenters. The SMILES string of the molecule is Cc1ccc(C)c(C2CN(C(=O)CCc3ccccc3N)C(C)CO2)c1.Cl. The standard InChI is InChI=1S/C22H28N2O2.ClH/c1-15-8-9-16(2)19(12-15)21-13-24(17(3)14-26-21)22(25)11-10-18-6-4-5-7-20(18)23;/h4-9,12,17,21H,10-11,13-14,23H2,1-3H3;1H. The van der Waals surface area contributed by atoms with Crippen molar-refractivity contribution in [1.82, 2.24) is 4.90 Å². The van der Waals surface area contributed by atoms with Crippen LogP contribution in [0.3, 0.4) is 0 Å². The number of carbonyl (C=O) groups excluding carboxylic acids is 1. The molecule has 0 aliphatic carbocycles. The number of para-hydroxylation sites is 1. The molecule has 2 aromatic carbocycles. The van der Waals surface area contributed by atoms with Crippen LogP contribution in [-0.4, -0.2) is 30.0 Å². The van der Waals surface area contributed by atoms with Gasteiger partial charge in [-0.1, -0.05) is 42.0 Å². The van der Waals surface area contributed by atoms with E-state index in [-0.39, 0.29) is 30.5 Å². The number of hydrogen-bond donors (Lipinski definition) is 1. The molecule has 1 aliphatic heterocycles. The number of benzene rings is 2. The minimum absolute atomic E-state index is 0. The molecule has 4 nitrogen and oxygen atoms in total. The molecule has 146 valence electrons. The quantitative estimate of drug-likeness (QED) is 0.797. The summed E-state index contributed by atoms with van der Waals surface area (Å²) in [7, 11) is 0. The second-order valence-corrected chi connectivity index (χ2v) is 7.28. The maximum absolute atomic E-state index is 12.9. The second-order valence-electron chi connectivity index (χ2n) is 7.28. The lowest BCUT2D eigenvalue weighted by molar-refractivity contribution is -0.144. The fourth-order valence-electron chi connectivity index (χ4n) is 3.55. The summed E-state index contributed by atoms with van der Waals surface area (Å²) in [5, 5.41) is 0. The highest BCUT2D eigenvalue weighted by atomic mass is 35.5. The number of aryl methyl sites for hydroxylation is 3. The van der Waals surface area contributed by atoms with Crippen molar-refractivity contribution in [2.24, 2.45) is 0 Å². The van der Waals surface area contributed by atoms with Crippen molar-refractivity contribution in [2.45, 2.75) is 45.8 Å². The van der Waals surface area contributed by atoms with Crippen molar-refractivity contribution in [2.75, 3.05) is 18.9 Å². The molecule has 0 radical (unpaired) electrons. The van der Waals surface area contributed by atoms with Crippen LogP contribution in [0.5, 0.6) is 0 Å². The number of ether oxygens (including phenoxy) is 1. The minimum atomic E-state index is -0.0585. The summed E-state index contributed by atoms with van der Waals surface area (Å²) >= 11 is 0. The van der Waals surface area contributed by atoms with Gasteiger partial charge in [0.05, 0.1) is 19.2 Å². The van der Waals surface area contributed by atoms with E-state index in [9.17, 15) is 4.79 Å². The van der Waals surface area contributed by atoms with Crippen LogP contribution in [0.2, 0.25) is 0 Å². The highest BCUT2D eigenvalue weighted by Gasteiger charge is 2.30. The highest BCUT2D eigenvalue weighted by molar-refractivity contribution is 5.85. The smallest absolute Gasteiger partial charge is 0.223 e. The molecule has 1 saturated heterocycles. The van der Waals surface area contributed by atoms with Gasteiger partial charge in [0, 0.05) is 12.1 Å². The van der Waals surface area contributed by atoms with Gasteiger partial charge in [0.2, 0.25) is 5.91 Å². The number of nitrogens with two attached hydrogens (primary N) is 1. The first-order valence-corrected chi connectivity index (χ1v) is 9.27. The lowest BCUT2D eigenvalue weighted by atomic mass is 9.98. The summed E-state index contributed by atoms with van der Waals surface area (Å²) in [5.74, 6) is 0.166. The maximum atomic E-state index is 12.9. The number of amides is 1. The Balaban J connectivity index is 0.00000261. The Morgan fingerprint density at radius 2 is 1.96 bits per heavy atom. The average molecular weight is 389 g/mol. The molecule has 3 rings (SSSR count). The van der Waals surface area contributed by atoms with E-state index in [0.29, 0.717) is 26.0 Å². The zero-order valence-electron chi connectivity index (χ0n) is 16.3. The Hall–Kier alpha value is -2.04. The molecule has 27 heavy (non-hydrogen) atoms. The Bertz CT molecular complexity index is 794. The number of halogens is 1. The van der Waals surface area contributed by atoms with Crippen LogP contribution in [0.4, 0.5) is 5.69 Å². The lowest BCUT2D eigenvalue weighted by Crippen LogP contribution is -2.48. The third kappa shape index (κ3) is 5.02. The monoisotopic (exact) mass is 388 g/mol. The van der Waals surface area contributed by atoms with Gasteiger partial charge < -0.3 is 15.4 Å². The molecule has 1 amide bonds. The number of anilines is 1. The summed E-state index contributed by atoms with van der Waals surface area (Å²) in [6.45, 7) is 7.40. The number of rotatable bonds is 4. The largest absolute Gasteiger partial charge is 0.399 e. The molecular formula is C22H29ClN2O2. The van der Waals surface area contributed by atoms with Crippen LogP contribution >= 0.6 is 12.4 Å². The van der Waals surface area contributed by atoms with Crippen molar-refractivity contribution < 1.29 is 9.53 Å². The molecule has 0 aromatic heterocycles. The Kier molecular flexibility index (Phi) is 7.28. The van der Waals surface area contributed by atoms with E-state index in [1.54, 1.807) is 0 Å². The lowest BCUT2D eigenvalue weighted by Gasteiger charge is -2.39. The number of morpholine rings is 1. The molecule has 2 N–H and O–H groups in total. The van der Waals surface area contributed by atoms with Crippen molar-refractivity contribution in [3.8, 4) is 0 Å². The summed E-state index contributed by atoms with van der Waals surface area (Å²) in [5.41, 5.74) is 11.4. The van der Waals surface area contributed by atoms with E-state index in [4.69, 9.17) is 10.5 Å². The second kappa shape index (κ2) is 9.25. The van der Waals surface area contributed by atoms with E-state index in [1.807, 2.05) is 36.1 Å². The Morgan fingerprint density at radius 1 is 1.22 bits per heavy atom. The zero-order chi connectivity index (χ0) is 18.7. The van der Waals surface area contributed by atoms with Crippen molar-refractivity contribution in [3.05, 3.63) is 64.7 Å². The number of hydrogen-bond acceptors (Lipinski definition) is 3. The number of nitrogen functional groups attached to an aromatic ring is 1. The number of carbonyl (C=O) groups is 1. The molecule has 1 aliphatic rings. The fourth-order valence-corrected chi connectivity index (χ4v) is 3.55. The first-order chi connectivity index (χ1) is 12.5. The van der Waals surface area contributed by atoms with E-state index in [2.05, 4.69) is 32.0 Å². The van der Waals surface area contributed by atoms with Crippen LogP contribution < -0.4 is 5.73 Å². The van der Waals surface area contributed by atoms with Gasteiger partial charge in [0.25, 0.3) is 0 Å². The van der Waals surface area contributed by atoms with Crippen LogP contribution in [-0.2, 0) is 16.0 Å². The summed E-state index contributed by atoms with van der Waals surface area (Å²) < 4.78 is 6.06. The van der Waals surface area contributed by atoms with Crippen LogP contribution in [0.1, 0.15) is 41.7 Å². The van der Waals surface area contributed by atoms with Crippen molar-refractivity contribution in [1.29, 1.82) is 0 Å². The van der Waals surface area contributed by atoms with Gasteiger partial charge in [-0.3, -0.25) is 4.79 Å². The predicted octanol–water partition coefficient (Wildman–Crippen LogP) is 4.23. The molecule has 0 saturated carbocycles. The van der Waals surface area contributed by atoms with Crippen LogP contribution in [0, 0.1) is 13.8 Å². The summed E-state index contributed by atoms with van der Waals surface area (Å²) in [6, 6.07) is 14.2. The topological polar surface area (TPSA) is 55.6 Å². The van der Waals surface area contributed by atoms with E-state index in [0.717, 1.165) is 11.3 Å². The van der Waals surface area contributed by atoms with E-state index in [1.165, 1.54) is 16.7 Å². The first-order valence-electron chi connectivity index (χ1n) is 9.27. The van der Waals surface area contributed by atoms with Gasteiger partial charge >= 0.3 is 0 Å². The molecule has 2 unspecified atom stereocenters. The van der Waals surface area contributed by atoms with E-state index < -0.39 is 0 Å². The molecular weight excluding hydrogens is 360 g/mol. The normalized spacial score (nSPS) is 19.4.